The summed E-state index contributed by atoms with van der Waals surface area (Å²) in [4.78, 5) is 27.4. The van der Waals surface area contributed by atoms with Crippen molar-refractivity contribution in [3.63, 3.8) is 0 Å². The minimum atomic E-state index is -0.402. The van der Waals surface area contributed by atoms with E-state index >= 15 is 0 Å². The second-order valence-electron chi connectivity index (χ2n) is 3.86. The first-order valence-electron chi connectivity index (χ1n) is 5.26. The fourth-order valence-electron chi connectivity index (χ4n) is 1.98. The van der Waals surface area contributed by atoms with E-state index in [-0.39, 0.29) is 11.6 Å². The number of rotatable bonds is 2. The molecule has 0 spiro atoms. The van der Waals surface area contributed by atoms with Crippen LogP contribution in [0.5, 0.6) is 0 Å². The van der Waals surface area contributed by atoms with Gasteiger partial charge in [0.25, 0.3) is 0 Å². The summed E-state index contributed by atoms with van der Waals surface area (Å²) in [6.45, 7) is 0. The van der Waals surface area contributed by atoms with Gasteiger partial charge in [0.05, 0.1) is 5.92 Å². The molecule has 3 nitrogen and oxygen atoms in total. The summed E-state index contributed by atoms with van der Waals surface area (Å²) < 4.78 is 0. The molecule has 0 bridgehead atoms. The van der Waals surface area contributed by atoms with E-state index in [9.17, 15) is 9.59 Å². The van der Waals surface area contributed by atoms with Crippen LogP contribution in [0.1, 0.15) is 36.0 Å². The van der Waals surface area contributed by atoms with Gasteiger partial charge in [0, 0.05) is 24.4 Å². The molecule has 15 heavy (non-hydrogen) atoms. The molecule has 0 aromatic carbocycles. The summed E-state index contributed by atoms with van der Waals surface area (Å²) in [5, 5.41) is 0. The van der Waals surface area contributed by atoms with Crippen LogP contribution in [-0.4, -0.2) is 16.6 Å². The maximum atomic E-state index is 12.0. The third-order valence-corrected chi connectivity index (χ3v) is 2.84. The number of hydrogen-bond acceptors (Lipinski definition) is 3. The van der Waals surface area contributed by atoms with Gasteiger partial charge < -0.3 is 0 Å². The molecule has 0 amide bonds. The van der Waals surface area contributed by atoms with Crippen LogP contribution < -0.4 is 0 Å². The molecule has 1 aliphatic carbocycles. The van der Waals surface area contributed by atoms with Gasteiger partial charge in [-0.15, -0.1) is 0 Å². The number of nitrogens with zero attached hydrogens (tertiary/aromatic N) is 1. The van der Waals surface area contributed by atoms with Gasteiger partial charge in [-0.2, -0.15) is 0 Å². The number of hydrogen-bond donors (Lipinski definition) is 0. The number of ketones is 2. The monoisotopic (exact) mass is 203 g/mol. The van der Waals surface area contributed by atoms with Gasteiger partial charge in [-0.05, 0) is 25.0 Å². The maximum Gasteiger partial charge on any atom is 0.173 e. The van der Waals surface area contributed by atoms with Crippen molar-refractivity contribution in [3.05, 3.63) is 30.1 Å². The SMILES string of the molecule is O=C1CCCCC1C(=O)c1ccncc1. The molecule has 1 saturated carbocycles. The zero-order chi connectivity index (χ0) is 10.7. The lowest BCUT2D eigenvalue weighted by atomic mass is 9.83. The van der Waals surface area contributed by atoms with Crippen molar-refractivity contribution < 1.29 is 9.59 Å². The Morgan fingerprint density at radius 3 is 2.67 bits per heavy atom. The fourth-order valence-corrected chi connectivity index (χ4v) is 1.98. The number of Topliss-reactive ketones (excluding diaryl/α,β-unsaturated/α-hetero) is 2. The molecular weight excluding hydrogens is 190 g/mol. The van der Waals surface area contributed by atoms with Crippen molar-refractivity contribution in [1.82, 2.24) is 4.98 Å². The Kier molecular flexibility index (Phi) is 2.90. The second-order valence-corrected chi connectivity index (χ2v) is 3.86. The molecule has 1 atom stereocenters. The Balaban J connectivity index is 2.17. The van der Waals surface area contributed by atoms with E-state index in [2.05, 4.69) is 4.98 Å². The first-order valence-corrected chi connectivity index (χ1v) is 5.26. The third-order valence-electron chi connectivity index (χ3n) is 2.84. The molecule has 3 heteroatoms. The lowest BCUT2D eigenvalue weighted by molar-refractivity contribution is -0.122. The highest BCUT2D eigenvalue weighted by molar-refractivity contribution is 6.10. The molecule has 1 aromatic rings. The summed E-state index contributed by atoms with van der Waals surface area (Å²) in [5.41, 5.74) is 0.602. The number of pyridine rings is 1. The molecule has 1 unspecified atom stereocenters. The Labute approximate surface area is 88.5 Å². The minimum absolute atomic E-state index is 0.0397. The molecule has 1 aromatic heterocycles. The van der Waals surface area contributed by atoms with Crippen LogP contribution in [0.15, 0.2) is 24.5 Å². The van der Waals surface area contributed by atoms with Crippen molar-refractivity contribution in [2.75, 3.05) is 0 Å². The van der Waals surface area contributed by atoms with Gasteiger partial charge in [0.1, 0.15) is 5.78 Å². The van der Waals surface area contributed by atoms with Crippen LogP contribution in [0.3, 0.4) is 0 Å². The van der Waals surface area contributed by atoms with Gasteiger partial charge in [0.15, 0.2) is 5.78 Å². The third kappa shape index (κ3) is 2.12. The van der Waals surface area contributed by atoms with Crippen LogP contribution in [0.2, 0.25) is 0 Å². The molecule has 2 rings (SSSR count). The van der Waals surface area contributed by atoms with Gasteiger partial charge >= 0.3 is 0 Å². The largest absolute Gasteiger partial charge is 0.299 e. The first-order chi connectivity index (χ1) is 7.29. The molecule has 0 radical (unpaired) electrons. The zero-order valence-electron chi connectivity index (χ0n) is 8.48. The van der Waals surface area contributed by atoms with Gasteiger partial charge in [-0.25, -0.2) is 0 Å². The molecule has 1 fully saturated rings. The van der Waals surface area contributed by atoms with E-state index in [0.717, 1.165) is 12.8 Å². The highest BCUT2D eigenvalue weighted by atomic mass is 16.1. The van der Waals surface area contributed by atoms with E-state index in [1.54, 1.807) is 24.5 Å². The summed E-state index contributed by atoms with van der Waals surface area (Å²) in [7, 11) is 0. The standard InChI is InChI=1S/C12H13NO2/c14-11-4-2-1-3-10(11)12(15)9-5-7-13-8-6-9/h5-8,10H,1-4H2. The summed E-state index contributed by atoms with van der Waals surface area (Å²) >= 11 is 0. The van der Waals surface area contributed by atoms with Crippen LogP contribution in [-0.2, 0) is 4.79 Å². The van der Waals surface area contributed by atoms with E-state index in [1.165, 1.54) is 0 Å². The van der Waals surface area contributed by atoms with Gasteiger partial charge in [0.2, 0.25) is 0 Å². The second kappa shape index (κ2) is 4.34. The molecule has 78 valence electrons. The predicted octanol–water partition coefficient (Wildman–Crippen LogP) is 2.02. The van der Waals surface area contributed by atoms with E-state index in [0.29, 0.717) is 18.4 Å². The molecule has 1 aliphatic rings. The van der Waals surface area contributed by atoms with Crippen molar-refractivity contribution in [2.45, 2.75) is 25.7 Å². The summed E-state index contributed by atoms with van der Waals surface area (Å²) in [6, 6.07) is 3.34. The van der Waals surface area contributed by atoms with Crippen molar-refractivity contribution >= 4 is 11.6 Å². The summed E-state index contributed by atoms with van der Waals surface area (Å²) in [5.74, 6) is -0.341. The number of carbonyl (C=O) groups excluding carboxylic acids is 2. The molecule has 0 aliphatic heterocycles. The van der Waals surface area contributed by atoms with Gasteiger partial charge in [-0.1, -0.05) is 6.42 Å². The summed E-state index contributed by atoms with van der Waals surface area (Å²) in [6.07, 6.45) is 6.34. The van der Waals surface area contributed by atoms with Crippen molar-refractivity contribution in [1.29, 1.82) is 0 Å². The smallest absolute Gasteiger partial charge is 0.173 e. The first kappa shape index (κ1) is 10.0. The number of carbonyl (C=O) groups is 2. The highest BCUT2D eigenvalue weighted by Gasteiger charge is 2.29. The predicted molar refractivity (Wildman–Crippen MR) is 55.5 cm³/mol. The topological polar surface area (TPSA) is 47.0 Å². The zero-order valence-corrected chi connectivity index (χ0v) is 8.48. The van der Waals surface area contributed by atoms with Crippen molar-refractivity contribution in [2.24, 2.45) is 5.92 Å². The fraction of sp³-hybridized carbons (Fsp3) is 0.417. The Morgan fingerprint density at radius 1 is 1.27 bits per heavy atom. The van der Waals surface area contributed by atoms with Crippen molar-refractivity contribution in [3.8, 4) is 0 Å². The van der Waals surface area contributed by atoms with Crippen LogP contribution in [0.4, 0.5) is 0 Å². The Morgan fingerprint density at radius 2 is 2.00 bits per heavy atom. The maximum absolute atomic E-state index is 12.0. The molecule has 0 saturated heterocycles. The Hall–Kier alpha value is -1.51. The van der Waals surface area contributed by atoms with Crippen LogP contribution in [0.25, 0.3) is 0 Å². The van der Waals surface area contributed by atoms with E-state index in [4.69, 9.17) is 0 Å². The molecular formula is C12H13NO2. The lowest BCUT2D eigenvalue weighted by Gasteiger charge is -2.18. The average molecular weight is 203 g/mol. The normalized spacial score (nSPS) is 21.3. The van der Waals surface area contributed by atoms with E-state index < -0.39 is 5.92 Å². The average Bonchev–Trinajstić information content (AvgIpc) is 2.30. The van der Waals surface area contributed by atoms with Crippen LogP contribution >= 0.6 is 0 Å². The quantitative estimate of drug-likeness (QED) is 0.545. The number of aromatic nitrogens is 1. The molecule has 0 N–H and O–H groups in total. The lowest BCUT2D eigenvalue weighted by Crippen LogP contribution is -2.27. The molecule has 1 heterocycles. The minimum Gasteiger partial charge on any atom is -0.299 e. The van der Waals surface area contributed by atoms with Crippen LogP contribution in [0, 0.1) is 5.92 Å². The Bertz CT molecular complexity index is 372. The van der Waals surface area contributed by atoms with E-state index in [1.807, 2.05) is 0 Å². The van der Waals surface area contributed by atoms with Gasteiger partial charge in [-0.3, -0.25) is 14.6 Å². The highest BCUT2D eigenvalue weighted by Crippen LogP contribution is 2.23.